The molecule has 2 aromatic rings. The fourth-order valence-corrected chi connectivity index (χ4v) is 4.78. The summed E-state index contributed by atoms with van der Waals surface area (Å²) in [7, 11) is -3.51. The number of halogens is 1. The number of benzene rings is 1. The second-order valence-corrected chi connectivity index (χ2v) is 8.73. The van der Waals surface area contributed by atoms with E-state index in [1.165, 1.54) is 22.6 Å². The number of anilines is 1. The number of carbonyl (C=O) groups is 1. The van der Waals surface area contributed by atoms with Gasteiger partial charge >= 0.3 is 0 Å². The fourth-order valence-electron chi connectivity index (χ4n) is 2.98. The van der Waals surface area contributed by atoms with E-state index in [4.69, 9.17) is 11.6 Å². The van der Waals surface area contributed by atoms with Gasteiger partial charge in [0.15, 0.2) is 0 Å². The molecule has 1 aromatic heterocycles. The molecular weight excluding hydrogens is 374 g/mol. The number of nitrogens with one attached hydrogen (secondary N) is 1. The van der Waals surface area contributed by atoms with E-state index in [1.807, 2.05) is 0 Å². The molecule has 0 bridgehead atoms. The van der Waals surface area contributed by atoms with Gasteiger partial charge in [0.25, 0.3) is 5.91 Å². The van der Waals surface area contributed by atoms with Crippen LogP contribution in [0.15, 0.2) is 47.5 Å². The van der Waals surface area contributed by atoms with E-state index in [1.54, 1.807) is 24.3 Å². The maximum absolute atomic E-state index is 12.7. The number of hydrogen-bond acceptors (Lipinski definition) is 4. The molecule has 1 fully saturated rings. The number of sulfonamides is 1. The molecule has 2 heterocycles. The van der Waals surface area contributed by atoms with E-state index in [0.717, 1.165) is 12.8 Å². The molecule has 138 valence electrons. The van der Waals surface area contributed by atoms with Gasteiger partial charge in [-0.25, -0.2) is 13.4 Å². The first-order valence-corrected chi connectivity index (χ1v) is 10.2. The Labute approximate surface area is 158 Å². The Morgan fingerprint density at radius 1 is 1.27 bits per heavy atom. The van der Waals surface area contributed by atoms with E-state index in [0.29, 0.717) is 24.7 Å². The molecule has 1 N–H and O–H groups in total. The van der Waals surface area contributed by atoms with Crippen LogP contribution in [0.1, 0.15) is 30.1 Å². The molecule has 1 saturated heterocycles. The zero-order valence-corrected chi connectivity index (χ0v) is 15.9. The summed E-state index contributed by atoms with van der Waals surface area (Å²) in [5.41, 5.74) is 0.744. The number of amides is 1. The summed E-state index contributed by atoms with van der Waals surface area (Å²) in [6.45, 7) is 3.15. The zero-order valence-electron chi connectivity index (χ0n) is 14.4. The van der Waals surface area contributed by atoms with Gasteiger partial charge < -0.3 is 5.32 Å². The molecule has 6 nitrogen and oxygen atoms in total. The van der Waals surface area contributed by atoms with Crippen molar-refractivity contribution in [2.45, 2.75) is 24.7 Å². The van der Waals surface area contributed by atoms with Crippen LogP contribution < -0.4 is 5.32 Å². The Morgan fingerprint density at radius 3 is 2.65 bits per heavy atom. The van der Waals surface area contributed by atoms with E-state index in [-0.39, 0.29) is 15.6 Å². The quantitative estimate of drug-likeness (QED) is 0.807. The standard InChI is InChI=1S/C18H20ClN3O3S/c1-13-4-3-11-22(12-13)26(24,25)15-8-6-14(7-9-15)21-18(23)16-5-2-10-20-17(16)19/h2,5-10,13H,3-4,11-12H2,1H3,(H,21,23). The largest absolute Gasteiger partial charge is 0.322 e. The summed E-state index contributed by atoms with van der Waals surface area (Å²) < 4.78 is 27.0. The van der Waals surface area contributed by atoms with Crippen molar-refractivity contribution in [2.24, 2.45) is 5.92 Å². The van der Waals surface area contributed by atoms with Gasteiger partial charge in [0, 0.05) is 25.0 Å². The van der Waals surface area contributed by atoms with Gasteiger partial charge in [0.05, 0.1) is 10.5 Å². The predicted octanol–water partition coefficient (Wildman–Crippen LogP) is 3.41. The van der Waals surface area contributed by atoms with Gasteiger partial charge in [0.1, 0.15) is 5.15 Å². The summed E-state index contributed by atoms with van der Waals surface area (Å²) >= 11 is 5.91. The Hall–Kier alpha value is -1.96. The minimum Gasteiger partial charge on any atom is -0.322 e. The second kappa shape index (κ2) is 7.73. The van der Waals surface area contributed by atoms with Crippen LogP contribution in [0.2, 0.25) is 5.15 Å². The number of carbonyl (C=O) groups excluding carboxylic acids is 1. The monoisotopic (exact) mass is 393 g/mol. The molecule has 8 heteroatoms. The van der Waals surface area contributed by atoms with Crippen LogP contribution in [0, 0.1) is 5.92 Å². The molecule has 0 radical (unpaired) electrons. The van der Waals surface area contributed by atoms with E-state index >= 15 is 0 Å². The van der Waals surface area contributed by atoms with Crippen LogP contribution in [-0.4, -0.2) is 36.7 Å². The first-order valence-electron chi connectivity index (χ1n) is 8.40. The average molecular weight is 394 g/mol. The first kappa shape index (κ1) is 18.8. The number of piperidine rings is 1. The van der Waals surface area contributed by atoms with Crippen molar-refractivity contribution in [1.29, 1.82) is 0 Å². The normalized spacial score (nSPS) is 18.5. The molecule has 1 aromatic carbocycles. The van der Waals surface area contributed by atoms with E-state index < -0.39 is 15.9 Å². The zero-order chi connectivity index (χ0) is 18.7. The maximum Gasteiger partial charge on any atom is 0.258 e. The highest BCUT2D eigenvalue weighted by molar-refractivity contribution is 7.89. The van der Waals surface area contributed by atoms with Crippen molar-refractivity contribution in [3.63, 3.8) is 0 Å². The third-order valence-corrected chi connectivity index (χ3v) is 6.55. The van der Waals surface area contributed by atoms with Crippen molar-refractivity contribution in [2.75, 3.05) is 18.4 Å². The van der Waals surface area contributed by atoms with Crippen LogP contribution in [-0.2, 0) is 10.0 Å². The van der Waals surface area contributed by atoms with Crippen LogP contribution in [0.25, 0.3) is 0 Å². The average Bonchev–Trinajstić information content (AvgIpc) is 2.62. The van der Waals surface area contributed by atoms with Crippen molar-refractivity contribution in [3.8, 4) is 0 Å². The van der Waals surface area contributed by atoms with Crippen molar-refractivity contribution in [3.05, 3.63) is 53.3 Å². The van der Waals surface area contributed by atoms with Gasteiger partial charge in [0.2, 0.25) is 10.0 Å². The lowest BCUT2D eigenvalue weighted by Gasteiger charge is -2.30. The number of aromatic nitrogens is 1. The first-order chi connectivity index (χ1) is 12.4. The molecule has 0 saturated carbocycles. The second-order valence-electron chi connectivity index (χ2n) is 6.43. The molecule has 0 spiro atoms. The lowest BCUT2D eigenvalue weighted by molar-refractivity contribution is 0.102. The van der Waals surface area contributed by atoms with Gasteiger partial charge in [-0.3, -0.25) is 4.79 Å². The molecule has 1 amide bonds. The van der Waals surface area contributed by atoms with E-state index in [2.05, 4.69) is 17.2 Å². The van der Waals surface area contributed by atoms with Gasteiger partial charge in [-0.2, -0.15) is 4.31 Å². The molecular formula is C18H20ClN3O3S. The lowest BCUT2D eigenvalue weighted by Crippen LogP contribution is -2.39. The summed E-state index contributed by atoms with van der Waals surface area (Å²) in [6.07, 6.45) is 3.43. The number of nitrogens with zero attached hydrogens (tertiary/aromatic N) is 2. The van der Waals surface area contributed by atoms with Crippen molar-refractivity contribution < 1.29 is 13.2 Å². The van der Waals surface area contributed by atoms with Crippen LogP contribution >= 0.6 is 11.6 Å². The molecule has 1 unspecified atom stereocenters. The van der Waals surface area contributed by atoms with Crippen LogP contribution in [0.3, 0.4) is 0 Å². The fraction of sp³-hybridized carbons (Fsp3) is 0.333. The molecule has 26 heavy (non-hydrogen) atoms. The molecule has 3 rings (SSSR count). The summed E-state index contributed by atoms with van der Waals surface area (Å²) in [5.74, 6) is -0.0371. The van der Waals surface area contributed by atoms with Crippen LogP contribution in [0.5, 0.6) is 0 Å². The Bertz CT molecular complexity index is 900. The number of rotatable bonds is 4. The molecule has 1 aliphatic heterocycles. The SMILES string of the molecule is CC1CCCN(S(=O)(=O)c2ccc(NC(=O)c3cccnc3Cl)cc2)C1. The Morgan fingerprint density at radius 2 is 2.00 bits per heavy atom. The summed E-state index contributed by atoms with van der Waals surface area (Å²) in [5, 5.41) is 2.81. The third kappa shape index (κ3) is 4.06. The maximum atomic E-state index is 12.7. The smallest absolute Gasteiger partial charge is 0.258 e. The predicted molar refractivity (Wildman–Crippen MR) is 101 cm³/mol. The molecule has 1 aliphatic rings. The van der Waals surface area contributed by atoms with Gasteiger partial charge in [-0.05, 0) is 55.2 Å². The number of hydrogen-bond donors (Lipinski definition) is 1. The summed E-state index contributed by atoms with van der Waals surface area (Å²) in [4.78, 5) is 16.3. The van der Waals surface area contributed by atoms with Crippen molar-refractivity contribution >= 4 is 33.2 Å². The lowest BCUT2D eigenvalue weighted by atomic mass is 10.0. The highest BCUT2D eigenvalue weighted by Gasteiger charge is 2.28. The molecule has 0 aliphatic carbocycles. The molecule has 1 atom stereocenters. The van der Waals surface area contributed by atoms with Crippen molar-refractivity contribution in [1.82, 2.24) is 9.29 Å². The minimum absolute atomic E-state index is 0.114. The van der Waals surface area contributed by atoms with Gasteiger partial charge in [-0.15, -0.1) is 0 Å². The summed E-state index contributed by atoms with van der Waals surface area (Å²) in [6, 6.07) is 9.35. The third-order valence-electron chi connectivity index (χ3n) is 4.37. The minimum atomic E-state index is -3.51. The van der Waals surface area contributed by atoms with Gasteiger partial charge in [-0.1, -0.05) is 18.5 Å². The highest BCUT2D eigenvalue weighted by atomic mass is 35.5. The Balaban J connectivity index is 1.74. The van der Waals surface area contributed by atoms with Crippen LogP contribution in [0.4, 0.5) is 5.69 Å². The number of pyridine rings is 1. The van der Waals surface area contributed by atoms with E-state index in [9.17, 15) is 13.2 Å². The topological polar surface area (TPSA) is 79.4 Å². The highest BCUT2D eigenvalue weighted by Crippen LogP contribution is 2.24. The Kier molecular flexibility index (Phi) is 5.60.